The van der Waals surface area contributed by atoms with Crippen molar-refractivity contribution in [1.82, 2.24) is 5.32 Å². The molecule has 0 spiro atoms. The third-order valence-corrected chi connectivity index (χ3v) is 2.87. The lowest BCUT2D eigenvalue weighted by Crippen LogP contribution is -2.41. The van der Waals surface area contributed by atoms with Crippen LogP contribution < -0.4 is 20.5 Å². The maximum absolute atomic E-state index is 10.6. The van der Waals surface area contributed by atoms with E-state index in [-0.39, 0.29) is 12.6 Å². The number of benzene rings is 1. The van der Waals surface area contributed by atoms with E-state index in [0.717, 1.165) is 5.56 Å². The van der Waals surface area contributed by atoms with E-state index in [2.05, 4.69) is 5.32 Å². The zero-order valence-electron chi connectivity index (χ0n) is 11.3. The molecule has 4 N–H and O–H groups in total. The highest BCUT2D eigenvalue weighted by atomic mass is 16.5. The summed E-state index contributed by atoms with van der Waals surface area (Å²) in [7, 11) is 3.14. The van der Waals surface area contributed by atoms with Crippen molar-refractivity contribution in [2.45, 2.75) is 19.0 Å². The minimum absolute atomic E-state index is 0.0368. The third-order valence-electron chi connectivity index (χ3n) is 2.87. The fraction of sp³-hybridized carbons (Fsp3) is 0.462. The van der Waals surface area contributed by atoms with E-state index in [9.17, 15) is 4.79 Å². The highest BCUT2D eigenvalue weighted by Crippen LogP contribution is 2.29. The van der Waals surface area contributed by atoms with Crippen LogP contribution in [0.25, 0.3) is 0 Å². The molecule has 0 aliphatic rings. The number of nitrogens with two attached hydrogens (primary N) is 1. The lowest BCUT2D eigenvalue weighted by Gasteiger charge is -2.17. The van der Waals surface area contributed by atoms with Gasteiger partial charge in [0.15, 0.2) is 11.5 Å². The molecule has 0 amide bonds. The molecule has 0 fully saturated rings. The van der Waals surface area contributed by atoms with E-state index in [1.807, 2.05) is 25.1 Å². The lowest BCUT2D eigenvalue weighted by molar-refractivity contribution is -0.138. The van der Waals surface area contributed by atoms with Crippen LogP contribution in [0.5, 0.6) is 11.5 Å². The highest BCUT2D eigenvalue weighted by Gasteiger charge is 2.14. The van der Waals surface area contributed by atoms with Crippen molar-refractivity contribution in [2.24, 2.45) is 5.73 Å². The Labute approximate surface area is 112 Å². The largest absolute Gasteiger partial charge is 0.493 e. The highest BCUT2D eigenvalue weighted by molar-refractivity contribution is 5.73. The van der Waals surface area contributed by atoms with Gasteiger partial charge in [-0.05, 0) is 24.6 Å². The summed E-state index contributed by atoms with van der Waals surface area (Å²) in [6, 6.07) is 4.60. The van der Waals surface area contributed by atoms with Crippen LogP contribution in [0, 0.1) is 0 Å². The number of carboxylic acids is 1. The zero-order chi connectivity index (χ0) is 14.4. The molecule has 0 radical (unpaired) electrons. The first-order valence-electron chi connectivity index (χ1n) is 5.93. The van der Waals surface area contributed by atoms with Gasteiger partial charge < -0.3 is 25.6 Å². The van der Waals surface area contributed by atoms with Gasteiger partial charge in [0.2, 0.25) is 0 Å². The summed E-state index contributed by atoms with van der Waals surface area (Å²) in [5.41, 5.74) is 6.41. The Hall–Kier alpha value is -1.79. The fourth-order valence-electron chi connectivity index (χ4n) is 1.63. The van der Waals surface area contributed by atoms with Gasteiger partial charge in [-0.3, -0.25) is 4.79 Å². The quantitative estimate of drug-likeness (QED) is 0.676. The molecular weight excluding hydrogens is 248 g/mol. The molecule has 1 aromatic rings. The van der Waals surface area contributed by atoms with E-state index in [1.165, 1.54) is 0 Å². The Morgan fingerprint density at radius 1 is 1.37 bits per heavy atom. The van der Waals surface area contributed by atoms with Crippen molar-refractivity contribution in [3.8, 4) is 11.5 Å². The van der Waals surface area contributed by atoms with Gasteiger partial charge in [0, 0.05) is 12.6 Å². The average Bonchev–Trinajstić information content (AvgIpc) is 2.43. The number of ether oxygens (including phenoxy) is 2. The second-order valence-corrected chi connectivity index (χ2v) is 4.19. The normalized spacial score (nSPS) is 13.7. The van der Waals surface area contributed by atoms with Crippen LogP contribution in [-0.2, 0) is 4.79 Å². The first kappa shape index (κ1) is 15.3. The SMILES string of the molecule is COc1ccc(C(C)NCC(N)C(=O)O)cc1OC. The van der Waals surface area contributed by atoms with Crippen LogP contribution in [0.4, 0.5) is 0 Å². The van der Waals surface area contributed by atoms with Crippen LogP contribution in [0.15, 0.2) is 18.2 Å². The van der Waals surface area contributed by atoms with Gasteiger partial charge in [0.05, 0.1) is 14.2 Å². The van der Waals surface area contributed by atoms with Gasteiger partial charge in [-0.1, -0.05) is 6.07 Å². The molecule has 2 atom stereocenters. The molecule has 0 saturated heterocycles. The first-order valence-corrected chi connectivity index (χ1v) is 5.93. The van der Waals surface area contributed by atoms with Crippen LogP contribution in [0.3, 0.4) is 0 Å². The maximum atomic E-state index is 10.6. The summed E-state index contributed by atoms with van der Waals surface area (Å²) < 4.78 is 10.4. The van der Waals surface area contributed by atoms with Gasteiger partial charge in [-0.15, -0.1) is 0 Å². The van der Waals surface area contributed by atoms with E-state index >= 15 is 0 Å². The predicted molar refractivity (Wildman–Crippen MR) is 71.6 cm³/mol. The summed E-state index contributed by atoms with van der Waals surface area (Å²) in [4.78, 5) is 10.6. The number of aliphatic carboxylic acids is 1. The van der Waals surface area contributed by atoms with Gasteiger partial charge in [0.1, 0.15) is 6.04 Å². The second-order valence-electron chi connectivity index (χ2n) is 4.19. The second kappa shape index (κ2) is 6.96. The molecule has 6 nitrogen and oxygen atoms in total. The third kappa shape index (κ3) is 4.11. The number of carbonyl (C=O) groups is 1. The minimum atomic E-state index is -1.02. The van der Waals surface area contributed by atoms with E-state index < -0.39 is 12.0 Å². The lowest BCUT2D eigenvalue weighted by atomic mass is 10.1. The van der Waals surface area contributed by atoms with Gasteiger partial charge in [-0.25, -0.2) is 0 Å². The molecule has 19 heavy (non-hydrogen) atoms. The number of rotatable bonds is 7. The molecule has 106 valence electrons. The smallest absolute Gasteiger partial charge is 0.321 e. The van der Waals surface area contributed by atoms with Crippen LogP contribution in [0.2, 0.25) is 0 Å². The van der Waals surface area contributed by atoms with Crippen molar-refractivity contribution < 1.29 is 19.4 Å². The Morgan fingerprint density at radius 2 is 2.00 bits per heavy atom. The maximum Gasteiger partial charge on any atom is 0.321 e. The molecule has 1 rings (SSSR count). The molecule has 0 aliphatic heterocycles. The van der Waals surface area contributed by atoms with Crippen molar-refractivity contribution in [1.29, 1.82) is 0 Å². The Bertz CT molecular complexity index is 437. The summed E-state index contributed by atoms with van der Waals surface area (Å²) in [6.45, 7) is 2.13. The molecule has 0 saturated carbocycles. The predicted octanol–water partition coefficient (Wildman–Crippen LogP) is 0.766. The van der Waals surface area contributed by atoms with E-state index in [1.54, 1.807) is 14.2 Å². The Balaban J connectivity index is 2.71. The molecule has 1 aromatic carbocycles. The summed E-state index contributed by atoms with van der Waals surface area (Å²) in [5, 5.41) is 11.8. The number of hydrogen-bond acceptors (Lipinski definition) is 5. The number of carboxylic acid groups (broad SMARTS) is 1. The summed E-state index contributed by atoms with van der Waals surface area (Å²) in [6.07, 6.45) is 0. The van der Waals surface area contributed by atoms with Crippen molar-refractivity contribution in [3.05, 3.63) is 23.8 Å². The molecular formula is C13H20N2O4. The van der Waals surface area contributed by atoms with Crippen molar-refractivity contribution >= 4 is 5.97 Å². The number of hydrogen-bond donors (Lipinski definition) is 3. The monoisotopic (exact) mass is 268 g/mol. The average molecular weight is 268 g/mol. The molecule has 0 heterocycles. The molecule has 2 unspecified atom stereocenters. The van der Waals surface area contributed by atoms with E-state index in [4.69, 9.17) is 20.3 Å². The van der Waals surface area contributed by atoms with Crippen LogP contribution in [-0.4, -0.2) is 37.9 Å². The molecule has 0 aliphatic carbocycles. The standard InChI is InChI=1S/C13H20N2O4/c1-8(15-7-10(14)13(16)17)9-4-5-11(18-2)12(6-9)19-3/h4-6,8,10,15H,7,14H2,1-3H3,(H,16,17). The van der Waals surface area contributed by atoms with Crippen molar-refractivity contribution in [3.63, 3.8) is 0 Å². The topological polar surface area (TPSA) is 93.8 Å². The van der Waals surface area contributed by atoms with Gasteiger partial charge in [-0.2, -0.15) is 0 Å². The zero-order valence-corrected chi connectivity index (χ0v) is 11.3. The fourth-order valence-corrected chi connectivity index (χ4v) is 1.63. The van der Waals surface area contributed by atoms with Crippen LogP contribution in [0.1, 0.15) is 18.5 Å². The van der Waals surface area contributed by atoms with E-state index in [0.29, 0.717) is 11.5 Å². The number of nitrogens with one attached hydrogen (secondary N) is 1. The van der Waals surface area contributed by atoms with Crippen LogP contribution >= 0.6 is 0 Å². The first-order chi connectivity index (χ1) is 8.99. The molecule has 6 heteroatoms. The molecule has 0 bridgehead atoms. The minimum Gasteiger partial charge on any atom is -0.493 e. The van der Waals surface area contributed by atoms with Gasteiger partial charge >= 0.3 is 5.97 Å². The summed E-state index contributed by atoms with van der Waals surface area (Å²) >= 11 is 0. The van der Waals surface area contributed by atoms with Gasteiger partial charge in [0.25, 0.3) is 0 Å². The Kier molecular flexibility index (Phi) is 5.59. The van der Waals surface area contributed by atoms with Crippen molar-refractivity contribution in [2.75, 3.05) is 20.8 Å². The summed E-state index contributed by atoms with van der Waals surface area (Å²) in [5.74, 6) is 0.267. The molecule has 0 aromatic heterocycles. The Morgan fingerprint density at radius 3 is 2.53 bits per heavy atom. The number of methoxy groups -OCH3 is 2.